The standard InChI is InChI=1S/C15H18BrN3O/c1-10-8-13(15(20)17-6-7-19(2)3)12-9-11(16)4-5-14(12)18-10/h4-5,8-9H,6-7H2,1-3H3,(H,17,20). The van der Waals surface area contributed by atoms with E-state index in [1.807, 2.05) is 50.2 Å². The Labute approximate surface area is 127 Å². The Morgan fingerprint density at radius 1 is 1.35 bits per heavy atom. The average Bonchev–Trinajstić information content (AvgIpc) is 2.37. The van der Waals surface area contributed by atoms with E-state index in [0.29, 0.717) is 12.1 Å². The Kier molecular flexibility index (Phi) is 4.73. The fraction of sp³-hybridized carbons (Fsp3) is 0.333. The monoisotopic (exact) mass is 335 g/mol. The number of likely N-dealkylation sites (N-methyl/N-ethyl adjacent to an activating group) is 1. The number of fused-ring (bicyclic) bond motifs is 1. The number of aromatic nitrogens is 1. The van der Waals surface area contributed by atoms with E-state index in [2.05, 4.69) is 26.2 Å². The molecular formula is C15H18BrN3O. The molecule has 4 nitrogen and oxygen atoms in total. The second-order valence-corrected chi connectivity index (χ2v) is 5.95. The van der Waals surface area contributed by atoms with Crippen LogP contribution in [0.4, 0.5) is 0 Å². The summed E-state index contributed by atoms with van der Waals surface area (Å²) in [6.45, 7) is 3.35. The first-order valence-electron chi connectivity index (χ1n) is 6.47. The molecule has 2 aromatic rings. The highest BCUT2D eigenvalue weighted by Crippen LogP contribution is 2.22. The number of carbonyl (C=O) groups is 1. The van der Waals surface area contributed by atoms with Gasteiger partial charge in [0.15, 0.2) is 0 Å². The van der Waals surface area contributed by atoms with Crippen molar-refractivity contribution >= 4 is 32.7 Å². The first kappa shape index (κ1) is 14.9. The van der Waals surface area contributed by atoms with Crippen molar-refractivity contribution in [2.75, 3.05) is 27.2 Å². The maximum atomic E-state index is 12.3. The predicted molar refractivity (Wildman–Crippen MR) is 85.1 cm³/mol. The molecule has 0 saturated heterocycles. The van der Waals surface area contributed by atoms with Gasteiger partial charge in [0.1, 0.15) is 0 Å². The maximum absolute atomic E-state index is 12.3. The third kappa shape index (κ3) is 3.55. The molecule has 0 saturated carbocycles. The summed E-state index contributed by atoms with van der Waals surface area (Å²) in [5.74, 6) is -0.0551. The molecule has 0 spiro atoms. The highest BCUT2D eigenvalue weighted by atomic mass is 79.9. The Morgan fingerprint density at radius 2 is 2.10 bits per heavy atom. The van der Waals surface area contributed by atoms with Crippen molar-refractivity contribution in [1.29, 1.82) is 0 Å². The molecule has 0 atom stereocenters. The number of nitrogens with zero attached hydrogens (tertiary/aromatic N) is 2. The van der Waals surface area contributed by atoms with Gasteiger partial charge < -0.3 is 10.2 Å². The number of carbonyl (C=O) groups excluding carboxylic acids is 1. The van der Waals surface area contributed by atoms with E-state index in [-0.39, 0.29) is 5.91 Å². The predicted octanol–water partition coefficient (Wildman–Crippen LogP) is 2.60. The first-order chi connectivity index (χ1) is 9.47. The van der Waals surface area contributed by atoms with Gasteiger partial charge in [0.05, 0.1) is 11.1 Å². The van der Waals surface area contributed by atoms with Gasteiger partial charge >= 0.3 is 0 Å². The Balaban J connectivity index is 2.32. The van der Waals surface area contributed by atoms with Crippen molar-refractivity contribution in [3.63, 3.8) is 0 Å². The summed E-state index contributed by atoms with van der Waals surface area (Å²) in [5, 5.41) is 3.81. The fourth-order valence-electron chi connectivity index (χ4n) is 2.01. The topological polar surface area (TPSA) is 45.2 Å². The van der Waals surface area contributed by atoms with Crippen molar-refractivity contribution in [3.8, 4) is 0 Å². The van der Waals surface area contributed by atoms with Crippen LogP contribution in [0.1, 0.15) is 16.1 Å². The third-order valence-corrected chi connectivity index (χ3v) is 3.48. The highest BCUT2D eigenvalue weighted by molar-refractivity contribution is 9.10. The van der Waals surface area contributed by atoms with Crippen LogP contribution in [0.3, 0.4) is 0 Å². The summed E-state index contributed by atoms with van der Waals surface area (Å²) in [5.41, 5.74) is 2.36. The van der Waals surface area contributed by atoms with E-state index in [1.165, 1.54) is 0 Å². The van der Waals surface area contributed by atoms with E-state index in [9.17, 15) is 4.79 Å². The molecule has 5 heteroatoms. The summed E-state index contributed by atoms with van der Waals surface area (Å²) < 4.78 is 0.943. The lowest BCUT2D eigenvalue weighted by Crippen LogP contribution is -2.31. The summed E-state index contributed by atoms with van der Waals surface area (Å²) >= 11 is 3.44. The lowest BCUT2D eigenvalue weighted by atomic mass is 10.1. The molecule has 1 aromatic carbocycles. The zero-order chi connectivity index (χ0) is 14.7. The zero-order valence-corrected chi connectivity index (χ0v) is 13.5. The molecule has 0 aliphatic heterocycles. The molecule has 0 fully saturated rings. The lowest BCUT2D eigenvalue weighted by Gasteiger charge is -2.12. The summed E-state index contributed by atoms with van der Waals surface area (Å²) in [7, 11) is 3.96. The van der Waals surface area contributed by atoms with Crippen LogP contribution in [0.25, 0.3) is 10.9 Å². The second kappa shape index (κ2) is 6.33. The number of hydrogen-bond donors (Lipinski definition) is 1. The van der Waals surface area contributed by atoms with Crippen LogP contribution in [0.2, 0.25) is 0 Å². The van der Waals surface area contributed by atoms with Crippen LogP contribution in [0.15, 0.2) is 28.7 Å². The van der Waals surface area contributed by atoms with Crippen molar-refractivity contribution in [2.45, 2.75) is 6.92 Å². The van der Waals surface area contributed by atoms with Crippen LogP contribution in [0.5, 0.6) is 0 Å². The van der Waals surface area contributed by atoms with Crippen molar-refractivity contribution < 1.29 is 4.79 Å². The number of rotatable bonds is 4. The van der Waals surface area contributed by atoms with Crippen LogP contribution >= 0.6 is 15.9 Å². The van der Waals surface area contributed by atoms with Gasteiger partial charge in [0.25, 0.3) is 5.91 Å². The smallest absolute Gasteiger partial charge is 0.252 e. The molecule has 1 heterocycles. The van der Waals surface area contributed by atoms with Gasteiger partial charge in [0.2, 0.25) is 0 Å². The van der Waals surface area contributed by atoms with Crippen molar-refractivity contribution in [3.05, 3.63) is 40.0 Å². The van der Waals surface area contributed by atoms with Crippen molar-refractivity contribution in [1.82, 2.24) is 15.2 Å². The normalized spacial score (nSPS) is 11.1. The number of amides is 1. The highest BCUT2D eigenvalue weighted by Gasteiger charge is 2.12. The molecule has 20 heavy (non-hydrogen) atoms. The Bertz CT molecular complexity index is 640. The van der Waals surface area contributed by atoms with Gasteiger partial charge in [-0.15, -0.1) is 0 Å². The quantitative estimate of drug-likeness (QED) is 0.934. The molecule has 1 N–H and O–H groups in total. The van der Waals surface area contributed by atoms with Crippen LogP contribution in [-0.2, 0) is 0 Å². The molecule has 0 aliphatic carbocycles. The van der Waals surface area contributed by atoms with Gasteiger partial charge in [-0.05, 0) is 45.3 Å². The SMILES string of the molecule is Cc1cc(C(=O)NCCN(C)C)c2cc(Br)ccc2n1. The van der Waals surface area contributed by atoms with E-state index in [4.69, 9.17) is 0 Å². The molecule has 0 unspecified atom stereocenters. The number of aryl methyl sites for hydroxylation is 1. The molecule has 0 bridgehead atoms. The molecule has 0 aliphatic rings. The molecule has 106 valence electrons. The van der Waals surface area contributed by atoms with Crippen LogP contribution in [-0.4, -0.2) is 43.0 Å². The number of pyridine rings is 1. The fourth-order valence-corrected chi connectivity index (χ4v) is 2.37. The first-order valence-corrected chi connectivity index (χ1v) is 7.26. The van der Waals surface area contributed by atoms with Gasteiger partial charge in [-0.2, -0.15) is 0 Å². The molecule has 1 aromatic heterocycles. The lowest BCUT2D eigenvalue weighted by molar-refractivity contribution is 0.0952. The number of benzene rings is 1. The molecule has 1 amide bonds. The van der Waals surface area contributed by atoms with E-state index >= 15 is 0 Å². The second-order valence-electron chi connectivity index (χ2n) is 5.03. The number of nitrogens with one attached hydrogen (secondary N) is 1. The zero-order valence-electron chi connectivity index (χ0n) is 11.9. The largest absolute Gasteiger partial charge is 0.351 e. The average molecular weight is 336 g/mol. The molecule has 2 rings (SSSR count). The maximum Gasteiger partial charge on any atom is 0.252 e. The Hall–Kier alpha value is -1.46. The minimum absolute atomic E-state index is 0.0551. The van der Waals surface area contributed by atoms with E-state index < -0.39 is 0 Å². The van der Waals surface area contributed by atoms with E-state index in [0.717, 1.165) is 27.6 Å². The van der Waals surface area contributed by atoms with Gasteiger partial charge in [-0.25, -0.2) is 0 Å². The minimum Gasteiger partial charge on any atom is -0.351 e. The molecular weight excluding hydrogens is 318 g/mol. The summed E-state index contributed by atoms with van der Waals surface area (Å²) in [6.07, 6.45) is 0. The minimum atomic E-state index is -0.0551. The van der Waals surface area contributed by atoms with Crippen LogP contribution in [0, 0.1) is 6.92 Å². The summed E-state index contributed by atoms with van der Waals surface area (Å²) in [4.78, 5) is 18.8. The summed E-state index contributed by atoms with van der Waals surface area (Å²) in [6, 6.07) is 7.62. The van der Waals surface area contributed by atoms with Gasteiger partial charge in [-0.3, -0.25) is 9.78 Å². The number of hydrogen-bond acceptors (Lipinski definition) is 3. The van der Waals surface area contributed by atoms with Crippen LogP contribution < -0.4 is 5.32 Å². The van der Waals surface area contributed by atoms with Gasteiger partial charge in [0, 0.05) is 28.6 Å². The van der Waals surface area contributed by atoms with E-state index in [1.54, 1.807) is 0 Å². The third-order valence-electron chi connectivity index (χ3n) is 2.99. The van der Waals surface area contributed by atoms with Gasteiger partial charge in [-0.1, -0.05) is 15.9 Å². The number of halogens is 1. The molecule has 0 radical (unpaired) electrons. The van der Waals surface area contributed by atoms with Crippen molar-refractivity contribution in [2.24, 2.45) is 0 Å². The Morgan fingerprint density at radius 3 is 2.80 bits per heavy atom.